The van der Waals surface area contributed by atoms with Crippen LogP contribution in [0, 0.1) is 5.41 Å². The van der Waals surface area contributed by atoms with Gasteiger partial charge in [0.15, 0.2) is 0 Å². The quantitative estimate of drug-likeness (QED) is 0.760. The van der Waals surface area contributed by atoms with Crippen LogP contribution in [0.2, 0.25) is 0 Å². The van der Waals surface area contributed by atoms with Gasteiger partial charge < -0.3 is 5.32 Å². The van der Waals surface area contributed by atoms with E-state index in [0.717, 1.165) is 24.6 Å². The number of rotatable bonds is 5. The monoisotopic (exact) mass is 280 g/mol. The summed E-state index contributed by atoms with van der Waals surface area (Å²) in [5.74, 6) is 1.98. The van der Waals surface area contributed by atoms with Crippen molar-refractivity contribution >= 4 is 30.1 Å². The van der Waals surface area contributed by atoms with Crippen LogP contribution in [0.25, 0.3) is 0 Å². The molecule has 3 nitrogen and oxygen atoms in total. The minimum atomic E-state index is 0. The molecule has 102 valence electrons. The van der Waals surface area contributed by atoms with Crippen molar-refractivity contribution in [1.29, 1.82) is 0 Å². The Labute approximate surface area is 115 Å². The van der Waals surface area contributed by atoms with E-state index in [1.165, 1.54) is 12.8 Å². The maximum absolute atomic E-state index is 11.6. The zero-order valence-corrected chi connectivity index (χ0v) is 12.7. The molecule has 1 fully saturated rings. The van der Waals surface area contributed by atoms with Gasteiger partial charge in [0.25, 0.3) is 0 Å². The van der Waals surface area contributed by atoms with Crippen molar-refractivity contribution in [1.82, 2.24) is 10.6 Å². The summed E-state index contributed by atoms with van der Waals surface area (Å²) in [6.45, 7) is 7.58. The van der Waals surface area contributed by atoms with E-state index in [4.69, 9.17) is 0 Å². The third-order valence-corrected chi connectivity index (χ3v) is 3.63. The van der Waals surface area contributed by atoms with Crippen molar-refractivity contribution < 1.29 is 4.79 Å². The molecule has 1 saturated heterocycles. The first-order valence-corrected chi connectivity index (χ1v) is 7.23. The van der Waals surface area contributed by atoms with Crippen molar-refractivity contribution in [3.8, 4) is 0 Å². The summed E-state index contributed by atoms with van der Waals surface area (Å²) in [6.07, 6.45) is 3.50. The van der Waals surface area contributed by atoms with Crippen molar-refractivity contribution in [2.75, 3.05) is 18.2 Å². The number of amides is 1. The van der Waals surface area contributed by atoms with E-state index < -0.39 is 0 Å². The number of carbonyl (C=O) groups is 1. The van der Waals surface area contributed by atoms with Gasteiger partial charge in [0.2, 0.25) is 5.91 Å². The molecule has 1 aliphatic rings. The van der Waals surface area contributed by atoms with Crippen molar-refractivity contribution in [2.24, 2.45) is 5.41 Å². The predicted molar refractivity (Wildman–Crippen MR) is 77.8 cm³/mol. The lowest BCUT2D eigenvalue weighted by Crippen LogP contribution is -2.42. The minimum Gasteiger partial charge on any atom is -0.355 e. The highest BCUT2D eigenvalue weighted by Gasteiger charge is 2.21. The predicted octanol–water partition coefficient (Wildman–Crippen LogP) is 2.40. The summed E-state index contributed by atoms with van der Waals surface area (Å²) in [6, 6.07) is 0.0348. The average Bonchev–Trinajstić information content (AvgIpc) is 2.67. The molecule has 17 heavy (non-hydrogen) atoms. The zero-order valence-electron chi connectivity index (χ0n) is 11.0. The Morgan fingerprint density at radius 3 is 2.65 bits per heavy atom. The molecule has 0 bridgehead atoms. The molecule has 1 heterocycles. The number of hydrogen-bond acceptors (Lipinski definition) is 3. The molecule has 0 aromatic rings. The van der Waals surface area contributed by atoms with Crippen molar-refractivity contribution in [2.45, 2.75) is 46.1 Å². The Kier molecular flexibility index (Phi) is 8.25. The number of thioether (sulfide) groups is 1. The normalized spacial score (nSPS) is 19.8. The first-order chi connectivity index (χ1) is 7.49. The summed E-state index contributed by atoms with van der Waals surface area (Å²) in [7, 11) is 0. The van der Waals surface area contributed by atoms with Crippen LogP contribution in [-0.2, 0) is 4.79 Å². The molecule has 0 radical (unpaired) electrons. The number of unbranched alkanes of at least 4 members (excludes halogenated alkanes) is 1. The highest BCUT2D eigenvalue weighted by atomic mass is 35.5. The molecular formula is C12H25ClN2OS. The molecule has 1 aliphatic heterocycles. The topological polar surface area (TPSA) is 41.1 Å². The van der Waals surface area contributed by atoms with E-state index in [9.17, 15) is 4.79 Å². The molecule has 1 unspecified atom stereocenters. The molecule has 1 amide bonds. The fourth-order valence-electron chi connectivity index (χ4n) is 1.68. The van der Waals surface area contributed by atoms with E-state index in [2.05, 4.69) is 31.4 Å². The van der Waals surface area contributed by atoms with Crippen LogP contribution in [0.4, 0.5) is 0 Å². The van der Waals surface area contributed by atoms with E-state index in [1.807, 2.05) is 0 Å². The second-order valence-electron chi connectivity index (χ2n) is 5.58. The zero-order chi connectivity index (χ0) is 12.0. The van der Waals surface area contributed by atoms with Crippen LogP contribution in [0.1, 0.15) is 40.0 Å². The van der Waals surface area contributed by atoms with Crippen LogP contribution in [0.3, 0.4) is 0 Å². The maximum atomic E-state index is 11.6. The van der Waals surface area contributed by atoms with Gasteiger partial charge in [0.1, 0.15) is 0 Å². The number of halogens is 1. The number of carbonyl (C=O) groups excluding carboxylic acids is 1. The van der Waals surface area contributed by atoms with Gasteiger partial charge in [0.05, 0.1) is 6.04 Å². The van der Waals surface area contributed by atoms with Gasteiger partial charge in [-0.1, -0.05) is 27.2 Å². The minimum absolute atomic E-state index is 0. The van der Waals surface area contributed by atoms with Gasteiger partial charge in [-0.3, -0.25) is 10.1 Å². The standard InChI is InChI=1S/C12H24N2OS.ClH/c1-12(2,3)6-4-5-7-13-11(15)10-8-16-9-14-10;/h10,14H,4-9H2,1-3H3,(H,13,15);1H. The van der Waals surface area contributed by atoms with Crippen LogP contribution >= 0.6 is 24.2 Å². The molecule has 0 aromatic carbocycles. The second kappa shape index (κ2) is 8.22. The molecule has 0 aliphatic carbocycles. The van der Waals surface area contributed by atoms with Crippen molar-refractivity contribution in [3.05, 3.63) is 0 Å². The summed E-state index contributed by atoms with van der Waals surface area (Å²) >= 11 is 1.79. The molecule has 0 spiro atoms. The fraction of sp³-hybridized carbons (Fsp3) is 0.917. The van der Waals surface area contributed by atoms with Gasteiger partial charge >= 0.3 is 0 Å². The Morgan fingerprint density at radius 2 is 2.12 bits per heavy atom. The van der Waals surface area contributed by atoms with Gasteiger partial charge in [-0.25, -0.2) is 0 Å². The van der Waals surface area contributed by atoms with Gasteiger partial charge in [0, 0.05) is 18.2 Å². The Balaban J connectivity index is 0.00000256. The molecule has 0 aromatic heterocycles. The van der Waals surface area contributed by atoms with E-state index >= 15 is 0 Å². The lowest BCUT2D eigenvalue weighted by molar-refractivity contribution is -0.122. The molecule has 1 rings (SSSR count). The van der Waals surface area contributed by atoms with E-state index in [-0.39, 0.29) is 24.4 Å². The fourth-order valence-corrected chi connectivity index (χ4v) is 2.62. The third kappa shape index (κ3) is 7.90. The first-order valence-electron chi connectivity index (χ1n) is 6.08. The summed E-state index contributed by atoms with van der Waals surface area (Å²) < 4.78 is 0. The summed E-state index contributed by atoms with van der Waals surface area (Å²) in [4.78, 5) is 11.6. The lowest BCUT2D eigenvalue weighted by Gasteiger charge is -2.17. The average molecular weight is 281 g/mol. The summed E-state index contributed by atoms with van der Waals surface area (Å²) in [5.41, 5.74) is 0.410. The Bertz CT molecular complexity index is 225. The summed E-state index contributed by atoms with van der Waals surface area (Å²) in [5, 5.41) is 6.17. The van der Waals surface area contributed by atoms with E-state index in [1.54, 1.807) is 11.8 Å². The van der Waals surface area contributed by atoms with Crippen molar-refractivity contribution in [3.63, 3.8) is 0 Å². The third-order valence-electron chi connectivity index (χ3n) is 2.69. The lowest BCUT2D eigenvalue weighted by atomic mass is 9.90. The molecule has 5 heteroatoms. The highest BCUT2D eigenvalue weighted by Crippen LogP contribution is 2.21. The SMILES string of the molecule is CC(C)(C)CCCCNC(=O)C1CSCN1.Cl. The second-order valence-corrected chi connectivity index (χ2v) is 6.61. The maximum Gasteiger partial charge on any atom is 0.238 e. The van der Waals surface area contributed by atoms with Crippen LogP contribution in [0.5, 0.6) is 0 Å². The van der Waals surface area contributed by atoms with Crippen LogP contribution in [0.15, 0.2) is 0 Å². The molecule has 1 atom stereocenters. The van der Waals surface area contributed by atoms with Gasteiger partial charge in [-0.2, -0.15) is 0 Å². The van der Waals surface area contributed by atoms with Gasteiger partial charge in [-0.05, 0) is 18.3 Å². The molecule has 2 N–H and O–H groups in total. The van der Waals surface area contributed by atoms with E-state index in [0.29, 0.717) is 5.41 Å². The van der Waals surface area contributed by atoms with Crippen LogP contribution < -0.4 is 10.6 Å². The number of hydrogen-bond donors (Lipinski definition) is 2. The van der Waals surface area contributed by atoms with Gasteiger partial charge in [-0.15, -0.1) is 24.2 Å². The highest BCUT2D eigenvalue weighted by molar-refractivity contribution is 7.99. The molecular weight excluding hydrogens is 256 g/mol. The smallest absolute Gasteiger partial charge is 0.238 e. The Morgan fingerprint density at radius 1 is 1.41 bits per heavy atom. The Hall–Kier alpha value is 0.0700. The number of nitrogens with one attached hydrogen (secondary N) is 2. The first kappa shape index (κ1) is 17.1. The van der Waals surface area contributed by atoms with Crippen LogP contribution in [-0.4, -0.2) is 30.1 Å². The largest absolute Gasteiger partial charge is 0.355 e. The molecule has 0 saturated carbocycles.